The molecule has 0 aliphatic rings. The quantitative estimate of drug-likeness (QED) is 0.551. The van der Waals surface area contributed by atoms with Gasteiger partial charge in [0.1, 0.15) is 5.75 Å². The summed E-state index contributed by atoms with van der Waals surface area (Å²) in [6.45, 7) is 1.89. The van der Waals surface area contributed by atoms with Gasteiger partial charge in [0.2, 0.25) is 0 Å². The number of fused-ring (bicyclic) bond motifs is 1. The summed E-state index contributed by atoms with van der Waals surface area (Å²) in [7, 11) is 3.43. The molecule has 0 saturated heterocycles. The number of nitrogens with zero attached hydrogens (tertiary/aromatic N) is 3. The van der Waals surface area contributed by atoms with Gasteiger partial charge in [-0.2, -0.15) is 5.10 Å². The number of rotatable bonds is 5. The van der Waals surface area contributed by atoms with Crippen LogP contribution in [0.15, 0.2) is 60.8 Å². The largest absolute Gasteiger partial charge is 0.493 e. The predicted octanol–water partition coefficient (Wildman–Crippen LogP) is 4.33. The molecular formula is C22H20N4O3. The van der Waals surface area contributed by atoms with Crippen molar-refractivity contribution >= 4 is 22.6 Å². The number of benzene rings is 2. The number of methoxy groups -OCH3 is 1. The van der Waals surface area contributed by atoms with Crippen molar-refractivity contribution in [2.24, 2.45) is 7.05 Å². The summed E-state index contributed by atoms with van der Waals surface area (Å²) in [5.41, 5.74) is 2.72. The third-order valence-corrected chi connectivity index (χ3v) is 4.53. The molecule has 7 nitrogen and oxygen atoms in total. The van der Waals surface area contributed by atoms with Crippen LogP contribution in [0.5, 0.6) is 17.2 Å². The van der Waals surface area contributed by atoms with Crippen LogP contribution in [0.3, 0.4) is 0 Å². The van der Waals surface area contributed by atoms with Gasteiger partial charge < -0.3 is 14.8 Å². The lowest BCUT2D eigenvalue weighted by molar-refractivity contribution is 0.102. The summed E-state index contributed by atoms with van der Waals surface area (Å²) in [6, 6.07) is 16.4. The smallest absolute Gasteiger partial charge is 0.257 e. The van der Waals surface area contributed by atoms with Gasteiger partial charge in [0, 0.05) is 24.3 Å². The molecule has 0 unspecified atom stereocenters. The molecule has 0 atom stereocenters. The van der Waals surface area contributed by atoms with Gasteiger partial charge >= 0.3 is 0 Å². The third-order valence-electron chi connectivity index (χ3n) is 4.53. The van der Waals surface area contributed by atoms with Crippen molar-refractivity contribution in [3.05, 3.63) is 72.1 Å². The van der Waals surface area contributed by atoms with Crippen molar-refractivity contribution in [3.8, 4) is 17.2 Å². The molecule has 146 valence electrons. The summed E-state index contributed by atoms with van der Waals surface area (Å²) in [4.78, 5) is 17.0. The van der Waals surface area contributed by atoms with Crippen molar-refractivity contribution in [1.29, 1.82) is 0 Å². The molecule has 0 fully saturated rings. The second kappa shape index (κ2) is 7.63. The second-order valence-corrected chi connectivity index (χ2v) is 6.54. The fourth-order valence-corrected chi connectivity index (χ4v) is 3.07. The van der Waals surface area contributed by atoms with Gasteiger partial charge in [-0.3, -0.25) is 9.48 Å². The van der Waals surface area contributed by atoms with Crippen molar-refractivity contribution in [2.45, 2.75) is 6.92 Å². The Morgan fingerprint density at radius 1 is 1.07 bits per heavy atom. The molecule has 29 heavy (non-hydrogen) atoms. The Morgan fingerprint density at radius 2 is 1.79 bits per heavy atom. The summed E-state index contributed by atoms with van der Waals surface area (Å²) >= 11 is 0. The minimum atomic E-state index is -0.235. The Hall–Kier alpha value is -3.87. The van der Waals surface area contributed by atoms with Crippen LogP contribution in [0.2, 0.25) is 0 Å². The first-order chi connectivity index (χ1) is 14.0. The van der Waals surface area contributed by atoms with Crippen LogP contribution in [0.1, 0.15) is 16.1 Å². The molecule has 0 aliphatic heterocycles. The van der Waals surface area contributed by atoms with Crippen molar-refractivity contribution in [2.75, 3.05) is 12.4 Å². The topological polar surface area (TPSA) is 78.3 Å². The maximum atomic E-state index is 12.6. The van der Waals surface area contributed by atoms with Gasteiger partial charge in [-0.05, 0) is 49.4 Å². The molecule has 4 aromatic rings. The van der Waals surface area contributed by atoms with Gasteiger partial charge in [-0.25, -0.2) is 4.98 Å². The van der Waals surface area contributed by atoms with E-state index in [0.29, 0.717) is 28.5 Å². The van der Waals surface area contributed by atoms with Crippen LogP contribution in [-0.4, -0.2) is 27.8 Å². The van der Waals surface area contributed by atoms with E-state index >= 15 is 0 Å². The van der Waals surface area contributed by atoms with Crippen LogP contribution in [0.25, 0.3) is 11.0 Å². The van der Waals surface area contributed by atoms with Crippen LogP contribution in [0.4, 0.5) is 5.69 Å². The van der Waals surface area contributed by atoms with Crippen molar-refractivity contribution in [3.63, 3.8) is 0 Å². The Kier molecular flexibility index (Phi) is 4.87. The van der Waals surface area contributed by atoms with E-state index in [-0.39, 0.29) is 5.91 Å². The number of hydrogen-bond acceptors (Lipinski definition) is 5. The number of carbonyl (C=O) groups is 1. The van der Waals surface area contributed by atoms with Gasteiger partial charge in [0.15, 0.2) is 17.1 Å². The molecule has 7 heteroatoms. The van der Waals surface area contributed by atoms with Crippen LogP contribution < -0.4 is 14.8 Å². The van der Waals surface area contributed by atoms with Crippen molar-refractivity contribution < 1.29 is 14.3 Å². The molecule has 0 radical (unpaired) electrons. The summed E-state index contributed by atoms with van der Waals surface area (Å²) in [6.07, 6.45) is 1.55. The van der Waals surface area contributed by atoms with E-state index in [1.807, 2.05) is 38.2 Å². The molecule has 2 aromatic carbocycles. The standard InChI is InChI=1S/C22H20N4O3/c1-14-18-12-15(13-23-21(18)26(2)25-14)22(27)24-16-8-10-17(11-9-16)29-20-7-5-4-6-19(20)28-3/h4-13H,1-3H3,(H,24,27). The number of aromatic nitrogens is 3. The Balaban J connectivity index is 1.48. The average Bonchev–Trinajstić information content (AvgIpc) is 3.03. The highest BCUT2D eigenvalue weighted by Crippen LogP contribution is 2.31. The average molecular weight is 388 g/mol. The number of para-hydroxylation sites is 2. The fraction of sp³-hybridized carbons (Fsp3) is 0.136. The lowest BCUT2D eigenvalue weighted by Crippen LogP contribution is -2.12. The number of hydrogen-bond donors (Lipinski definition) is 1. The molecule has 1 amide bonds. The lowest BCUT2D eigenvalue weighted by atomic mass is 10.2. The molecule has 0 saturated carbocycles. The third kappa shape index (κ3) is 3.75. The number of carbonyl (C=O) groups excluding carboxylic acids is 1. The zero-order valence-corrected chi connectivity index (χ0v) is 16.3. The highest BCUT2D eigenvalue weighted by molar-refractivity contribution is 6.05. The zero-order chi connectivity index (χ0) is 20.4. The molecule has 0 aliphatic carbocycles. The highest BCUT2D eigenvalue weighted by atomic mass is 16.5. The van der Waals surface area contributed by atoms with Crippen molar-refractivity contribution in [1.82, 2.24) is 14.8 Å². The molecule has 2 aromatic heterocycles. The van der Waals surface area contributed by atoms with Gasteiger partial charge in [0.25, 0.3) is 5.91 Å². The SMILES string of the molecule is COc1ccccc1Oc1ccc(NC(=O)c2cnc3c(c2)c(C)nn3C)cc1. The van der Waals surface area contributed by atoms with E-state index < -0.39 is 0 Å². The minimum absolute atomic E-state index is 0.235. The number of aryl methyl sites for hydroxylation is 2. The number of pyridine rings is 1. The Labute approximate surface area is 167 Å². The van der Waals surface area contributed by atoms with Gasteiger partial charge in [-0.1, -0.05) is 12.1 Å². The van der Waals surface area contributed by atoms with Crippen LogP contribution >= 0.6 is 0 Å². The summed E-state index contributed by atoms with van der Waals surface area (Å²) in [5.74, 6) is 1.68. The summed E-state index contributed by atoms with van der Waals surface area (Å²) < 4.78 is 12.8. The molecule has 1 N–H and O–H groups in total. The Morgan fingerprint density at radius 3 is 2.52 bits per heavy atom. The van der Waals surface area contributed by atoms with E-state index in [9.17, 15) is 4.79 Å². The van der Waals surface area contributed by atoms with E-state index in [4.69, 9.17) is 9.47 Å². The highest BCUT2D eigenvalue weighted by Gasteiger charge is 2.12. The Bertz CT molecular complexity index is 1180. The minimum Gasteiger partial charge on any atom is -0.493 e. The number of ether oxygens (including phenoxy) is 2. The number of amides is 1. The fourth-order valence-electron chi connectivity index (χ4n) is 3.07. The van der Waals surface area contributed by atoms with Crippen LogP contribution in [-0.2, 0) is 7.05 Å². The van der Waals surface area contributed by atoms with Crippen LogP contribution in [0, 0.1) is 6.92 Å². The molecule has 0 bridgehead atoms. The molecule has 2 heterocycles. The first-order valence-electron chi connectivity index (χ1n) is 9.07. The molecular weight excluding hydrogens is 368 g/mol. The first kappa shape index (κ1) is 18.5. The van der Waals surface area contributed by atoms with E-state index in [2.05, 4.69) is 15.4 Å². The number of anilines is 1. The van der Waals surface area contributed by atoms with Gasteiger partial charge in [-0.15, -0.1) is 0 Å². The predicted molar refractivity (Wildman–Crippen MR) is 111 cm³/mol. The maximum absolute atomic E-state index is 12.6. The number of nitrogens with one attached hydrogen (secondary N) is 1. The second-order valence-electron chi connectivity index (χ2n) is 6.54. The molecule has 4 rings (SSSR count). The maximum Gasteiger partial charge on any atom is 0.257 e. The molecule has 0 spiro atoms. The van der Waals surface area contributed by atoms with Gasteiger partial charge in [0.05, 0.1) is 18.4 Å². The lowest BCUT2D eigenvalue weighted by Gasteiger charge is -2.11. The summed E-state index contributed by atoms with van der Waals surface area (Å²) in [5, 5.41) is 8.07. The van der Waals surface area contributed by atoms with E-state index in [0.717, 1.165) is 16.7 Å². The van der Waals surface area contributed by atoms with E-state index in [1.54, 1.807) is 48.3 Å². The zero-order valence-electron chi connectivity index (χ0n) is 16.3. The normalized spacial score (nSPS) is 10.7. The first-order valence-corrected chi connectivity index (χ1v) is 9.07. The van der Waals surface area contributed by atoms with E-state index in [1.165, 1.54) is 0 Å². The monoisotopic (exact) mass is 388 g/mol.